The van der Waals surface area contributed by atoms with Gasteiger partial charge < -0.3 is 23.7 Å². The highest BCUT2D eigenvalue weighted by Crippen LogP contribution is 2.38. The Morgan fingerprint density at radius 3 is 1.88 bits per heavy atom. The summed E-state index contributed by atoms with van der Waals surface area (Å²) in [5, 5.41) is 0. The number of amides is 1. The van der Waals surface area contributed by atoms with Gasteiger partial charge in [-0.3, -0.25) is 0 Å². The number of benzene rings is 3. The van der Waals surface area contributed by atoms with Crippen molar-refractivity contribution >= 4 is 16.4 Å². The van der Waals surface area contributed by atoms with E-state index in [-0.39, 0.29) is 33.0 Å². The average molecular weight is 596 g/mol. The van der Waals surface area contributed by atoms with Crippen LogP contribution < -0.4 is 0 Å². The number of carbonyl (C=O) groups is 1. The number of hydrogen-bond acceptors (Lipinski definition) is 9. The molecule has 0 aliphatic carbocycles. The van der Waals surface area contributed by atoms with Crippen LogP contribution in [-0.4, -0.2) is 62.7 Å². The van der Waals surface area contributed by atoms with Gasteiger partial charge in [-0.25, -0.2) is 8.98 Å². The van der Waals surface area contributed by atoms with Crippen molar-refractivity contribution in [3.05, 3.63) is 120 Å². The standard InChI is InChI=1S/C31H33NO9S/c1-2-18-37-31(33)32-30-29(41-42(32,34)35)28(39-21-25-16-10-5-11-17-25)27(38-20-24-14-8-4-9-15-24)26(40-30)22-36-19-23-12-6-3-7-13-23/h2-17,26-30H,1,18-22H2/t26-,27-,28+,29-,30+/m1/s1. The largest absolute Gasteiger partial charge is 0.444 e. The highest BCUT2D eigenvalue weighted by atomic mass is 32.2. The molecule has 0 N–H and O–H groups in total. The second-order valence-corrected chi connectivity index (χ2v) is 11.2. The zero-order chi connectivity index (χ0) is 29.4. The first kappa shape index (κ1) is 29.9. The monoisotopic (exact) mass is 595 g/mol. The third kappa shape index (κ3) is 7.24. The van der Waals surface area contributed by atoms with Gasteiger partial charge in [0, 0.05) is 0 Å². The zero-order valence-electron chi connectivity index (χ0n) is 22.9. The van der Waals surface area contributed by atoms with E-state index in [9.17, 15) is 13.2 Å². The summed E-state index contributed by atoms with van der Waals surface area (Å²) >= 11 is 0. The first-order valence-electron chi connectivity index (χ1n) is 13.5. The molecule has 5 atom stereocenters. The lowest BCUT2D eigenvalue weighted by Gasteiger charge is -2.43. The molecule has 5 rings (SSSR count). The van der Waals surface area contributed by atoms with E-state index in [1.54, 1.807) is 0 Å². The number of nitrogens with zero attached hydrogens (tertiary/aromatic N) is 1. The van der Waals surface area contributed by atoms with Crippen molar-refractivity contribution in [3.63, 3.8) is 0 Å². The lowest BCUT2D eigenvalue weighted by molar-refractivity contribution is -0.259. The number of ether oxygens (including phenoxy) is 5. The number of carbonyl (C=O) groups excluding carboxylic acids is 1. The lowest BCUT2D eigenvalue weighted by atomic mass is 9.97. The minimum atomic E-state index is -4.57. The summed E-state index contributed by atoms with van der Waals surface area (Å²) in [5.41, 5.74) is 2.72. The maximum absolute atomic E-state index is 13.1. The van der Waals surface area contributed by atoms with E-state index in [0.29, 0.717) is 4.31 Å². The molecule has 0 bridgehead atoms. The molecule has 11 heteroatoms. The third-order valence-electron chi connectivity index (χ3n) is 6.78. The van der Waals surface area contributed by atoms with Crippen molar-refractivity contribution in [1.82, 2.24) is 4.31 Å². The van der Waals surface area contributed by atoms with Gasteiger partial charge in [0.05, 0.1) is 26.4 Å². The first-order chi connectivity index (χ1) is 20.5. The van der Waals surface area contributed by atoms with Crippen molar-refractivity contribution < 1.29 is 41.1 Å². The SMILES string of the molecule is C=CCOC(=O)N1[C@H]2O[C@H](COCc3ccccc3)[C@@H](OCc3ccccc3)[C@H](OCc3ccccc3)[C@H]2OS1(=O)=O. The molecule has 2 saturated heterocycles. The molecule has 0 unspecified atom stereocenters. The summed E-state index contributed by atoms with van der Waals surface area (Å²) in [7, 11) is -4.57. The third-order valence-corrected chi connectivity index (χ3v) is 8.09. The van der Waals surface area contributed by atoms with Crippen molar-refractivity contribution in [3.8, 4) is 0 Å². The van der Waals surface area contributed by atoms with Crippen LogP contribution in [-0.2, 0) is 58.0 Å². The van der Waals surface area contributed by atoms with Crippen molar-refractivity contribution in [2.24, 2.45) is 0 Å². The van der Waals surface area contributed by atoms with Crippen molar-refractivity contribution in [1.29, 1.82) is 0 Å². The Morgan fingerprint density at radius 1 is 0.810 bits per heavy atom. The highest BCUT2D eigenvalue weighted by Gasteiger charge is 2.61. The smallest absolute Gasteiger partial charge is 0.428 e. The first-order valence-corrected chi connectivity index (χ1v) is 14.9. The van der Waals surface area contributed by atoms with Crippen LogP contribution in [0.25, 0.3) is 0 Å². The van der Waals surface area contributed by atoms with Gasteiger partial charge in [-0.1, -0.05) is 104 Å². The lowest BCUT2D eigenvalue weighted by Crippen LogP contribution is -2.62. The Bertz CT molecular complexity index is 1410. The van der Waals surface area contributed by atoms with Gasteiger partial charge >= 0.3 is 16.4 Å². The number of rotatable bonds is 12. The second kappa shape index (κ2) is 14.1. The molecule has 2 fully saturated rings. The number of fused-ring (bicyclic) bond motifs is 1. The summed E-state index contributed by atoms with van der Waals surface area (Å²) in [6.45, 7) is 3.97. The van der Waals surface area contributed by atoms with Crippen LogP contribution in [0.3, 0.4) is 0 Å². The normalized spacial score (nSPS) is 24.6. The van der Waals surface area contributed by atoms with Crippen LogP contribution in [0, 0.1) is 0 Å². The zero-order valence-corrected chi connectivity index (χ0v) is 23.7. The van der Waals surface area contributed by atoms with E-state index in [0.717, 1.165) is 16.7 Å². The fraction of sp³-hybridized carbons (Fsp3) is 0.323. The fourth-order valence-electron chi connectivity index (χ4n) is 4.82. The maximum atomic E-state index is 13.1. The second-order valence-electron chi connectivity index (χ2n) is 9.77. The quantitative estimate of drug-likeness (QED) is 0.282. The van der Waals surface area contributed by atoms with Crippen LogP contribution in [0.1, 0.15) is 16.7 Å². The minimum absolute atomic E-state index is 0.0262. The summed E-state index contributed by atoms with van der Waals surface area (Å²) < 4.78 is 62.2. The molecule has 3 aromatic rings. The van der Waals surface area contributed by atoms with E-state index in [2.05, 4.69) is 6.58 Å². The van der Waals surface area contributed by atoms with Crippen molar-refractivity contribution in [2.75, 3.05) is 13.2 Å². The van der Waals surface area contributed by atoms with Gasteiger partial charge in [0.25, 0.3) is 0 Å². The molecule has 42 heavy (non-hydrogen) atoms. The summed E-state index contributed by atoms with van der Waals surface area (Å²) in [6, 6.07) is 28.6. The molecule has 222 valence electrons. The molecule has 1 amide bonds. The molecular formula is C31H33NO9S. The highest BCUT2D eigenvalue weighted by molar-refractivity contribution is 7.85. The maximum Gasteiger partial charge on any atom is 0.428 e. The molecule has 2 aliphatic heterocycles. The molecular weight excluding hydrogens is 562 g/mol. The molecule has 0 saturated carbocycles. The predicted molar refractivity (Wildman–Crippen MR) is 152 cm³/mol. The Balaban J connectivity index is 1.44. The Hall–Kier alpha value is -3.58. The Kier molecular flexibility index (Phi) is 10.0. The van der Waals surface area contributed by atoms with Gasteiger partial charge in [0.2, 0.25) is 0 Å². The summed E-state index contributed by atoms with van der Waals surface area (Å²) in [5.74, 6) is 0. The molecule has 0 aromatic heterocycles. The molecule has 10 nitrogen and oxygen atoms in total. The fourth-order valence-corrected chi connectivity index (χ4v) is 6.05. The van der Waals surface area contributed by atoms with Gasteiger partial charge in [-0.15, -0.1) is 0 Å². The summed E-state index contributed by atoms with van der Waals surface area (Å²) in [4.78, 5) is 12.9. The Labute approximate surface area is 245 Å². The van der Waals surface area contributed by atoms with Crippen LogP contribution in [0.4, 0.5) is 4.79 Å². The topological polar surface area (TPSA) is 110 Å². The molecule has 2 heterocycles. The Morgan fingerprint density at radius 2 is 1.33 bits per heavy atom. The van der Waals surface area contributed by atoms with E-state index in [1.165, 1.54) is 6.08 Å². The molecule has 0 spiro atoms. The van der Waals surface area contributed by atoms with Gasteiger partial charge in [-0.2, -0.15) is 12.7 Å². The van der Waals surface area contributed by atoms with Crippen LogP contribution >= 0.6 is 0 Å². The predicted octanol–water partition coefficient (Wildman–Crippen LogP) is 4.37. The van der Waals surface area contributed by atoms with Crippen LogP contribution in [0.5, 0.6) is 0 Å². The summed E-state index contributed by atoms with van der Waals surface area (Å²) in [6.07, 6.45) is -4.99. The molecule has 3 aromatic carbocycles. The van der Waals surface area contributed by atoms with Crippen LogP contribution in [0.2, 0.25) is 0 Å². The molecule has 2 aliphatic rings. The minimum Gasteiger partial charge on any atom is -0.444 e. The van der Waals surface area contributed by atoms with E-state index in [4.69, 9.17) is 27.9 Å². The van der Waals surface area contributed by atoms with Crippen LogP contribution in [0.15, 0.2) is 104 Å². The van der Waals surface area contributed by atoms with Gasteiger partial charge in [0.15, 0.2) is 12.3 Å². The van der Waals surface area contributed by atoms with E-state index in [1.807, 2.05) is 91.0 Å². The molecule has 0 radical (unpaired) electrons. The number of hydrogen-bond donors (Lipinski definition) is 0. The van der Waals surface area contributed by atoms with Crippen molar-refractivity contribution in [2.45, 2.75) is 50.5 Å². The average Bonchev–Trinajstić information content (AvgIpc) is 3.28. The van der Waals surface area contributed by atoms with E-state index < -0.39 is 47.0 Å². The van der Waals surface area contributed by atoms with E-state index >= 15 is 0 Å². The van der Waals surface area contributed by atoms with Gasteiger partial charge in [0.1, 0.15) is 24.9 Å². The van der Waals surface area contributed by atoms with Gasteiger partial charge in [-0.05, 0) is 16.7 Å².